The lowest BCUT2D eigenvalue weighted by Crippen LogP contribution is -2.05. The van der Waals surface area contributed by atoms with Crippen LogP contribution in [0, 0.1) is 0 Å². The monoisotopic (exact) mass is 281 g/mol. The van der Waals surface area contributed by atoms with E-state index in [1.807, 2.05) is 12.1 Å². The quantitative estimate of drug-likeness (QED) is 0.542. The summed E-state index contributed by atoms with van der Waals surface area (Å²) in [5, 5.41) is 4.06. The summed E-state index contributed by atoms with van der Waals surface area (Å²) in [6.45, 7) is 0. The van der Waals surface area contributed by atoms with Crippen molar-refractivity contribution in [2.24, 2.45) is 0 Å². The fourth-order valence-corrected chi connectivity index (χ4v) is 2.10. The molecule has 0 aliphatic rings. The topological polar surface area (TPSA) is 73.6 Å². The first-order chi connectivity index (χ1) is 10.2. The zero-order valence-corrected chi connectivity index (χ0v) is 11.2. The summed E-state index contributed by atoms with van der Waals surface area (Å²) in [6.07, 6.45) is 3.93. The summed E-state index contributed by atoms with van der Waals surface area (Å²) in [4.78, 5) is 26.6. The van der Waals surface area contributed by atoms with Crippen molar-refractivity contribution in [3.63, 3.8) is 0 Å². The molecule has 0 unspecified atom stereocenters. The largest absolute Gasteiger partial charge is 0.465 e. The van der Waals surface area contributed by atoms with E-state index in [1.54, 1.807) is 24.4 Å². The molecule has 0 saturated carbocycles. The summed E-state index contributed by atoms with van der Waals surface area (Å²) in [5.74, 6) is -0.473. The van der Waals surface area contributed by atoms with E-state index in [0.717, 1.165) is 17.4 Å². The Balaban J connectivity index is 2.17. The molecule has 0 spiro atoms. The molecule has 21 heavy (non-hydrogen) atoms. The zero-order chi connectivity index (χ0) is 14.8. The number of methoxy groups -OCH3 is 1. The van der Waals surface area contributed by atoms with Crippen LogP contribution in [0.2, 0.25) is 0 Å². The van der Waals surface area contributed by atoms with Crippen molar-refractivity contribution < 1.29 is 14.3 Å². The van der Waals surface area contributed by atoms with Gasteiger partial charge in [-0.15, -0.1) is 0 Å². The van der Waals surface area contributed by atoms with Gasteiger partial charge in [0.25, 0.3) is 0 Å². The minimum Gasteiger partial charge on any atom is -0.465 e. The van der Waals surface area contributed by atoms with Crippen molar-refractivity contribution in [3.05, 3.63) is 54.0 Å². The lowest BCUT2D eigenvalue weighted by molar-refractivity contribution is 0.0602. The molecule has 0 atom stereocenters. The highest BCUT2D eigenvalue weighted by atomic mass is 16.5. The molecule has 0 N–H and O–H groups in total. The highest BCUT2D eigenvalue weighted by Gasteiger charge is 2.15. The average molecular weight is 281 g/mol. The molecule has 3 rings (SSSR count). The van der Waals surface area contributed by atoms with Crippen LogP contribution in [0.15, 0.2) is 42.9 Å². The van der Waals surface area contributed by atoms with Gasteiger partial charge in [0.1, 0.15) is 18.2 Å². The maximum absolute atomic E-state index is 11.9. The van der Waals surface area contributed by atoms with Crippen LogP contribution in [0.25, 0.3) is 16.8 Å². The predicted molar refractivity (Wildman–Crippen MR) is 75.2 cm³/mol. The van der Waals surface area contributed by atoms with E-state index in [-0.39, 0.29) is 0 Å². The minimum atomic E-state index is -0.473. The number of fused-ring (bicyclic) bond motifs is 1. The van der Waals surface area contributed by atoms with Gasteiger partial charge in [0.05, 0.1) is 7.11 Å². The first-order valence-electron chi connectivity index (χ1n) is 6.20. The highest BCUT2D eigenvalue weighted by Crippen LogP contribution is 2.23. The molecular formula is C15H11N3O3. The Labute approximate surface area is 120 Å². The standard InChI is InChI=1S/C15H11N3O3/c1-21-15(20)13-6-12(7-18-14(13)16-9-17-18)11-4-2-10(8-19)3-5-11/h2-9H,1H3. The summed E-state index contributed by atoms with van der Waals surface area (Å²) in [7, 11) is 1.32. The van der Waals surface area contributed by atoms with Gasteiger partial charge in [0.2, 0.25) is 0 Å². The number of pyridine rings is 1. The number of ether oxygens (including phenoxy) is 1. The normalized spacial score (nSPS) is 10.5. The number of aldehydes is 1. The molecule has 3 aromatic rings. The van der Waals surface area contributed by atoms with E-state index in [1.165, 1.54) is 18.0 Å². The molecule has 0 aliphatic carbocycles. The fraction of sp³-hybridized carbons (Fsp3) is 0.0667. The number of carbonyl (C=O) groups excluding carboxylic acids is 2. The molecule has 2 aromatic heterocycles. The van der Waals surface area contributed by atoms with Gasteiger partial charge in [-0.05, 0) is 11.6 Å². The van der Waals surface area contributed by atoms with Crippen molar-refractivity contribution in [1.82, 2.24) is 14.6 Å². The van der Waals surface area contributed by atoms with Crippen molar-refractivity contribution in [1.29, 1.82) is 0 Å². The summed E-state index contributed by atoms with van der Waals surface area (Å²) >= 11 is 0. The van der Waals surface area contributed by atoms with E-state index in [4.69, 9.17) is 4.74 Å². The van der Waals surface area contributed by atoms with Gasteiger partial charge in [0, 0.05) is 17.3 Å². The number of hydrogen-bond acceptors (Lipinski definition) is 5. The lowest BCUT2D eigenvalue weighted by atomic mass is 10.0. The molecule has 0 fully saturated rings. The van der Waals surface area contributed by atoms with Crippen molar-refractivity contribution in [3.8, 4) is 11.1 Å². The molecule has 0 saturated heterocycles. The van der Waals surface area contributed by atoms with Gasteiger partial charge in [-0.3, -0.25) is 4.79 Å². The Morgan fingerprint density at radius 3 is 2.67 bits per heavy atom. The minimum absolute atomic E-state index is 0.340. The maximum atomic E-state index is 11.9. The summed E-state index contributed by atoms with van der Waals surface area (Å²) < 4.78 is 6.30. The number of rotatable bonds is 3. The SMILES string of the molecule is COC(=O)c1cc(-c2ccc(C=O)cc2)cn2ncnc12. The molecule has 6 nitrogen and oxygen atoms in total. The predicted octanol–water partition coefficient (Wildman–Crippen LogP) is 2.00. The van der Waals surface area contributed by atoms with Crippen LogP contribution in [-0.2, 0) is 4.74 Å². The zero-order valence-electron chi connectivity index (χ0n) is 11.2. The van der Waals surface area contributed by atoms with E-state index < -0.39 is 5.97 Å². The third-order valence-corrected chi connectivity index (χ3v) is 3.16. The first-order valence-corrected chi connectivity index (χ1v) is 6.20. The Morgan fingerprint density at radius 1 is 1.24 bits per heavy atom. The number of nitrogens with zero attached hydrogens (tertiary/aromatic N) is 3. The van der Waals surface area contributed by atoms with E-state index in [2.05, 4.69) is 10.1 Å². The van der Waals surface area contributed by atoms with Gasteiger partial charge in [-0.25, -0.2) is 14.3 Å². The van der Waals surface area contributed by atoms with Crippen molar-refractivity contribution in [2.45, 2.75) is 0 Å². The third-order valence-electron chi connectivity index (χ3n) is 3.16. The second kappa shape index (κ2) is 5.16. The molecule has 0 aliphatic heterocycles. The van der Waals surface area contributed by atoms with Gasteiger partial charge in [-0.2, -0.15) is 5.10 Å². The van der Waals surface area contributed by atoms with Crippen LogP contribution >= 0.6 is 0 Å². The van der Waals surface area contributed by atoms with Crippen LogP contribution in [0.3, 0.4) is 0 Å². The van der Waals surface area contributed by atoms with E-state index >= 15 is 0 Å². The van der Waals surface area contributed by atoms with Crippen LogP contribution in [0.5, 0.6) is 0 Å². The van der Waals surface area contributed by atoms with Crippen LogP contribution < -0.4 is 0 Å². The smallest absolute Gasteiger partial charge is 0.341 e. The Hall–Kier alpha value is -3.02. The third kappa shape index (κ3) is 2.27. The van der Waals surface area contributed by atoms with Gasteiger partial charge < -0.3 is 4.74 Å². The second-order valence-electron chi connectivity index (χ2n) is 4.40. The fourth-order valence-electron chi connectivity index (χ4n) is 2.10. The van der Waals surface area contributed by atoms with Crippen molar-refractivity contribution in [2.75, 3.05) is 7.11 Å². The molecular weight excluding hydrogens is 270 g/mol. The molecule has 6 heteroatoms. The Morgan fingerprint density at radius 2 is 2.00 bits per heavy atom. The first kappa shape index (κ1) is 13.0. The molecule has 104 valence electrons. The van der Waals surface area contributed by atoms with Gasteiger partial charge in [0.15, 0.2) is 5.65 Å². The number of esters is 1. The number of hydrogen-bond donors (Lipinski definition) is 0. The van der Waals surface area contributed by atoms with Crippen LogP contribution in [0.4, 0.5) is 0 Å². The average Bonchev–Trinajstić information content (AvgIpc) is 3.01. The summed E-state index contributed by atoms with van der Waals surface area (Å²) in [6, 6.07) is 8.74. The maximum Gasteiger partial charge on any atom is 0.341 e. The highest BCUT2D eigenvalue weighted by molar-refractivity contribution is 5.97. The van der Waals surface area contributed by atoms with E-state index in [0.29, 0.717) is 16.8 Å². The van der Waals surface area contributed by atoms with Crippen molar-refractivity contribution >= 4 is 17.9 Å². The molecule has 0 amide bonds. The number of benzene rings is 1. The Kier molecular flexibility index (Phi) is 3.19. The molecule has 2 heterocycles. The summed E-state index contributed by atoms with van der Waals surface area (Å²) in [5.41, 5.74) is 3.02. The molecule has 1 aromatic carbocycles. The van der Waals surface area contributed by atoms with E-state index in [9.17, 15) is 9.59 Å². The molecule has 0 radical (unpaired) electrons. The van der Waals surface area contributed by atoms with Gasteiger partial charge >= 0.3 is 5.97 Å². The second-order valence-corrected chi connectivity index (χ2v) is 4.40. The Bertz CT molecular complexity index is 822. The van der Waals surface area contributed by atoms with Gasteiger partial charge in [-0.1, -0.05) is 24.3 Å². The number of carbonyl (C=O) groups is 2. The lowest BCUT2D eigenvalue weighted by Gasteiger charge is -2.06. The molecule has 0 bridgehead atoms. The van der Waals surface area contributed by atoms with Crippen LogP contribution in [0.1, 0.15) is 20.7 Å². The number of aromatic nitrogens is 3. The van der Waals surface area contributed by atoms with Crippen LogP contribution in [-0.4, -0.2) is 34.0 Å².